The molecule has 0 amide bonds. The third-order valence-electron chi connectivity index (χ3n) is 4.73. The first-order valence-corrected chi connectivity index (χ1v) is 10.0. The molecule has 0 N–H and O–H groups in total. The average Bonchev–Trinajstić information content (AvgIpc) is 2.74. The van der Waals surface area contributed by atoms with E-state index in [9.17, 15) is 9.59 Å². The summed E-state index contributed by atoms with van der Waals surface area (Å²) in [7, 11) is 0. The molecule has 1 atom stereocenters. The number of benzene rings is 3. The molecule has 30 heavy (non-hydrogen) atoms. The van der Waals surface area contributed by atoms with Crippen molar-refractivity contribution in [1.82, 2.24) is 0 Å². The predicted octanol–water partition coefficient (Wildman–Crippen LogP) is 5.96. The molecule has 0 saturated carbocycles. The highest BCUT2D eigenvalue weighted by Gasteiger charge is 2.23. The first kappa shape index (κ1) is 21.6. The fraction of sp³-hybridized carbons (Fsp3) is 0.200. The van der Waals surface area contributed by atoms with Gasteiger partial charge in [-0.3, -0.25) is 4.79 Å². The maximum absolute atomic E-state index is 12.8. The number of ether oxygens (including phenoxy) is 2. The molecular formula is C25H23ClO4. The summed E-state index contributed by atoms with van der Waals surface area (Å²) in [5, 5.41) is 0.644. The fourth-order valence-corrected chi connectivity index (χ4v) is 3.13. The number of carbonyl (C=O) groups is 2. The van der Waals surface area contributed by atoms with E-state index >= 15 is 0 Å². The van der Waals surface area contributed by atoms with E-state index in [1.165, 1.54) is 0 Å². The number of esters is 1. The zero-order chi connectivity index (χ0) is 21.7. The molecule has 4 nitrogen and oxygen atoms in total. The van der Waals surface area contributed by atoms with Crippen LogP contribution in [0.1, 0.15) is 44.3 Å². The van der Waals surface area contributed by atoms with Crippen molar-refractivity contribution < 1.29 is 19.1 Å². The van der Waals surface area contributed by atoms with Gasteiger partial charge in [-0.25, -0.2) is 4.79 Å². The highest BCUT2D eigenvalue weighted by Crippen LogP contribution is 2.22. The molecule has 0 spiro atoms. The van der Waals surface area contributed by atoms with Crippen LogP contribution in [0.5, 0.6) is 5.75 Å². The van der Waals surface area contributed by atoms with Gasteiger partial charge in [-0.05, 0) is 62.2 Å². The first-order chi connectivity index (χ1) is 14.3. The van der Waals surface area contributed by atoms with Crippen molar-refractivity contribution in [3.8, 4) is 5.75 Å². The summed E-state index contributed by atoms with van der Waals surface area (Å²) in [5.74, 6) is -0.444. The fourth-order valence-electron chi connectivity index (χ4n) is 3.00. The van der Waals surface area contributed by atoms with Crippen molar-refractivity contribution in [3.63, 3.8) is 0 Å². The number of ketones is 1. The van der Waals surface area contributed by atoms with Crippen molar-refractivity contribution in [1.29, 1.82) is 0 Å². The largest absolute Gasteiger partial charge is 0.488 e. The van der Waals surface area contributed by atoms with E-state index in [0.717, 1.165) is 16.7 Å². The minimum atomic E-state index is -0.915. The zero-order valence-corrected chi connectivity index (χ0v) is 17.9. The Labute approximate surface area is 181 Å². The van der Waals surface area contributed by atoms with Crippen LogP contribution in [-0.2, 0) is 11.3 Å². The van der Waals surface area contributed by atoms with Gasteiger partial charge in [0.15, 0.2) is 6.10 Å². The van der Waals surface area contributed by atoms with Gasteiger partial charge in [0.1, 0.15) is 17.9 Å². The van der Waals surface area contributed by atoms with Crippen LogP contribution in [0.4, 0.5) is 0 Å². The van der Waals surface area contributed by atoms with Crippen LogP contribution >= 0.6 is 11.6 Å². The summed E-state index contributed by atoms with van der Waals surface area (Å²) < 4.78 is 11.3. The van der Waals surface area contributed by atoms with Crippen LogP contribution in [-0.4, -0.2) is 17.9 Å². The summed E-state index contributed by atoms with van der Waals surface area (Å²) in [6, 6.07) is 19.7. The molecule has 0 aromatic heterocycles. The molecule has 0 aliphatic carbocycles. The van der Waals surface area contributed by atoms with E-state index in [1.807, 2.05) is 44.2 Å². The highest BCUT2D eigenvalue weighted by atomic mass is 35.5. The van der Waals surface area contributed by atoms with Crippen LogP contribution in [0.25, 0.3) is 0 Å². The number of rotatable bonds is 7. The Kier molecular flexibility index (Phi) is 6.91. The summed E-state index contributed by atoms with van der Waals surface area (Å²) in [6.07, 6.45) is -0.915. The quantitative estimate of drug-likeness (QED) is 0.348. The second-order valence-electron chi connectivity index (χ2n) is 7.14. The van der Waals surface area contributed by atoms with Crippen molar-refractivity contribution >= 4 is 23.4 Å². The van der Waals surface area contributed by atoms with E-state index < -0.39 is 12.1 Å². The molecule has 0 saturated heterocycles. The molecule has 0 fully saturated rings. The Morgan fingerprint density at radius 1 is 0.933 bits per heavy atom. The molecular weight excluding hydrogens is 400 g/mol. The second kappa shape index (κ2) is 9.59. The number of hydrogen-bond acceptors (Lipinski definition) is 4. The molecule has 5 heteroatoms. The molecule has 0 heterocycles. The van der Waals surface area contributed by atoms with Crippen molar-refractivity contribution in [2.24, 2.45) is 0 Å². The van der Waals surface area contributed by atoms with E-state index in [4.69, 9.17) is 21.1 Å². The van der Waals surface area contributed by atoms with E-state index in [-0.39, 0.29) is 18.0 Å². The topological polar surface area (TPSA) is 52.6 Å². The minimum absolute atomic E-state index is 0.232. The number of para-hydroxylation sites is 1. The van der Waals surface area contributed by atoms with Crippen LogP contribution in [0.15, 0.2) is 66.7 Å². The number of hydrogen-bond donors (Lipinski definition) is 0. The zero-order valence-electron chi connectivity index (χ0n) is 17.1. The number of carbonyl (C=O) groups excluding carboxylic acids is 2. The van der Waals surface area contributed by atoms with Crippen LogP contribution in [0.2, 0.25) is 5.02 Å². The summed E-state index contributed by atoms with van der Waals surface area (Å²) in [5.41, 5.74) is 3.57. The maximum Gasteiger partial charge on any atom is 0.342 e. The molecule has 0 aliphatic rings. The van der Waals surface area contributed by atoms with Gasteiger partial charge in [0.25, 0.3) is 0 Å². The molecule has 3 aromatic rings. The van der Waals surface area contributed by atoms with Gasteiger partial charge < -0.3 is 9.47 Å². The smallest absolute Gasteiger partial charge is 0.342 e. The summed E-state index contributed by atoms with van der Waals surface area (Å²) in [6.45, 7) is 5.64. The van der Waals surface area contributed by atoms with Crippen molar-refractivity contribution in [2.45, 2.75) is 33.5 Å². The van der Waals surface area contributed by atoms with Gasteiger partial charge in [0.2, 0.25) is 5.78 Å². The number of halogens is 1. The maximum atomic E-state index is 12.8. The molecule has 0 aliphatic heterocycles. The SMILES string of the molecule is Cc1ccc(C)c(C(=O)[C@H](C)OC(=O)c2ccccc2OCc2ccc(Cl)cc2)c1. The van der Waals surface area contributed by atoms with E-state index in [0.29, 0.717) is 16.3 Å². The number of aryl methyl sites for hydroxylation is 2. The molecule has 0 radical (unpaired) electrons. The Morgan fingerprint density at radius 3 is 2.37 bits per heavy atom. The van der Waals surface area contributed by atoms with Crippen molar-refractivity contribution in [3.05, 3.63) is 99.6 Å². The van der Waals surface area contributed by atoms with Gasteiger partial charge in [0.05, 0.1) is 0 Å². The van der Waals surface area contributed by atoms with Gasteiger partial charge in [-0.15, -0.1) is 0 Å². The lowest BCUT2D eigenvalue weighted by Crippen LogP contribution is -2.25. The van der Waals surface area contributed by atoms with Crippen molar-refractivity contribution in [2.75, 3.05) is 0 Å². The van der Waals surface area contributed by atoms with Gasteiger partial charge in [-0.2, -0.15) is 0 Å². The molecule has 3 aromatic carbocycles. The molecule has 3 rings (SSSR count). The predicted molar refractivity (Wildman–Crippen MR) is 117 cm³/mol. The normalized spacial score (nSPS) is 11.6. The standard InChI is InChI=1S/C25H23ClO4/c1-16-8-9-17(2)22(14-16)24(27)18(3)30-25(28)21-6-4-5-7-23(21)29-15-19-10-12-20(26)13-11-19/h4-14,18H,15H2,1-3H3/t18-/m0/s1. The van der Waals surface area contributed by atoms with E-state index in [2.05, 4.69) is 0 Å². The van der Waals surface area contributed by atoms with Gasteiger partial charge >= 0.3 is 5.97 Å². The second-order valence-corrected chi connectivity index (χ2v) is 7.58. The average molecular weight is 423 g/mol. The lowest BCUT2D eigenvalue weighted by atomic mass is 9.99. The first-order valence-electron chi connectivity index (χ1n) is 9.64. The molecule has 0 bridgehead atoms. The van der Waals surface area contributed by atoms with E-state index in [1.54, 1.807) is 43.3 Å². The van der Waals surface area contributed by atoms with Crippen LogP contribution in [0, 0.1) is 13.8 Å². The van der Waals surface area contributed by atoms with Crippen LogP contribution < -0.4 is 4.74 Å². The Bertz CT molecular complexity index is 1060. The molecule has 154 valence electrons. The monoisotopic (exact) mass is 422 g/mol. The molecule has 0 unspecified atom stereocenters. The Balaban J connectivity index is 1.71. The lowest BCUT2D eigenvalue weighted by Gasteiger charge is -2.16. The third-order valence-corrected chi connectivity index (χ3v) is 4.98. The summed E-state index contributed by atoms with van der Waals surface area (Å²) >= 11 is 5.90. The lowest BCUT2D eigenvalue weighted by molar-refractivity contribution is 0.0314. The third kappa shape index (κ3) is 5.28. The minimum Gasteiger partial charge on any atom is -0.488 e. The van der Waals surface area contributed by atoms with Gasteiger partial charge in [0, 0.05) is 10.6 Å². The number of Topliss-reactive ketones (excluding diaryl/α,β-unsaturated/α-hetero) is 1. The van der Waals surface area contributed by atoms with Crippen LogP contribution in [0.3, 0.4) is 0 Å². The Morgan fingerprint density at radius 2 is 1.63 bits per heavy atom. The Hall–Kier alpha value is -3.11. The van der Waals surface area contributed by atoms with Gasteiger partial charge in [-0.1, -0.05) is 53.6 Å². The summed E-state index contributed by atoms with van der Waals surface area (Å²) in [4.78, 5) is 25.5. The highest BCUT2D eigenvalue weighted by molar-refractivity contribution is 6.30.